The Balaban J connectivity index is 1.22. The van der Waals surface area contributed by atoms with Crippen LogP contribution in [0.5, 0.6) is 0 Å². The van der Waals surface area contributed by atoms with E-state index in [1.807, 2.05) is 48.5 Å². The van der Waals surface area contributed by atoms with E-state index in [1.54, 1.807) is 0 Å². The average Bonchev–Trinajstić information content (AvgIpc) is 3.75. The first-order chi connectivity index (χ1) is 23.3. The number of rotatable bonds is 6. The molecule has 47 heavy (non-hydrogen) atoms. The quantitative estimate of drug-likeness (QED) is 0.189. The molecule has 7 aromatic carbocycles. The number of furan rings is 1. The van der Waals surface area contributed by atoms with E-state index in [4.69, 9.17) is 13.8 Å². The van der Waals surface area contributed by atoms with E-state index in [0.717, 1.165) is 66.8 Å². The highest BCUT2D eigenvalue weighted by molar-refractivity contribution is 6.12. The third-order valence-electron chi connectivity index (χ3n) is 8.73. The zero-order chi connectivity index (χ0) is 31.2. The largest absolute Gasteiger partial charge is 0.456 e. The van der Waals surface area contributed by atoms with Gasteiger partial charge >= 0.3 is 0 Å². The van der Waals surface area contributed by atoms with Crippen molar-refractivity contribution >= 4 is 50.1 Å². The molecule has 9 aromatic rings. The molecule has 4 nitrogen and oxygen atoms in total. The highest BCUT2D eigenvalue weighted by atomic mass is 16.3. The van der Waals surface area contributed by atoms with Crippen LogP contribution in [0.15, 0.2) is 179 Å². The maximum absolute atomic E-state index is 6.55. The number of para-hydroxylation sites is 3. The Kier molecular flexibility index (Phi) is 6.43. The SMILES string of the molecule is c1ccc(-c2ccc(N(c3ccc4c(c3)oc3cccc(-c5nc6ccccc6o5)c34)c3ccccc3-c3ccccc3)cc2)cc1. The van der Waals surface area contributed by atoms with Crippen LogP contribution in [0, 0.1) is 0 Å². The summed E-state index contributed by atoms with van der Waals surface area (Å²) in [6, 6.07) is 58.7. The van der Waals surface area contributed by atoms with Crippen LogP contribution in [0.4, 0.5) is 17.1 Å². The van der Waals surface area contributed by atoms with Crippen LogP contribution in [0.1, 0.15) is 0 Å². The Labute approximate surface area is 271 Å². The highest BCUT2D eigenvalue weighted by Gasteiger charge is 2.21. The molecule has 0 unspecified atom stereocenters. The normalized spacial score (nSPS) is 11.4. The summed E-state index contributed by atoms with van der Waals surface area (Å²) >= 11 is 0. The van der Waals surface area contributed by atoms with Gasteiger partial charge in [-0.1, -0.05) is 109 Å². The molecule has 0 atom stereocenters. The fourth-order valence-corrected chi connectivity index (χ4v) is 6.51. The smallest absolute Gasteiger partial charge is 0.228 e. The van der Waals surface area contributed by atoms with Gasteiger partial charge in [0.15, 0.2) is 5.58 Å². The van der Waals surface area contributed by atoms with Crippen LogP contribution >= 0.6 is 0 Å². The number of hydrogen-bond donors (Lipinski definition) is 0. The number of aromatic nitrogens is 1. The third-order valence-corrected chi connectivity index (χ3v) is 8.73. The van der Waals surface area contributed by atoms with E-state index in [2.05, 4.69) is 126 Å². The van der Waals surface area contributed by atoms with E-state index in [-0.39, 0.29) is 0 Å². The molecule has 0 saturated heterocycles. The zero-order valence-corrected chi connectivity index (χ0v) is 25.4. The van der Waals surface area contributed by atoms with Crippen molar-refractivity contribution < 1.29 is 8.83 Å². The van der Waals surface area contributed by atoms with Gasteiger partial charge < -0.3 is 13.7 Å². The molecular formula is C43H28N2O2. The minimum absolute atomic E-state index is 0.584. The lowest BCUT2D eigenvalue weighted by molar-refractivity contribution is 0.620. The second kappa shape index (κ2) is 11.2. The molecule has 0 spiro atoms. The van der Waals surface area contributed by atoms with E-state index in [0.29, 0.717) is 5.89 Å². The molecule has 0 bridgehead atoms. The lowest BCUT2D eigenvalue weighted by atomic mass is 10.0. The number of oxazole rings is 1. The second-order valence-corrected chi connectivity index (χ2v) is 11.6. The van der Waals surface area contributed by atoms with E-state index < -0.39 is 0 Å². The Morgan fingerprint density at radius 3 is 1.87 bits per heavy atom. The van der Waals surface area contributed by atoms with Gasteiger partial charge in [0.05, 0.1) is 5.69 Å². The Bertz CT molecular complexity index is 2480. The van der Waals surface area contributed by atoms with Gasteiger partial charge in [0.2, 0.25) is 5.89 Å². The van der Waals surface area contributed by atoms with Crippen molar-refractivity contribution in [2.24, 2.45) is 0 Å². The first-order valence-corrected chi connectivity index (χ1v) is 15.7. The molecule has 0 amide bonds. The monoisotopic (exact) mass is 604 g/mol. The summed E-state index contributed by atoms with van der Waals surface area (Å²) in [5.41, 5.74) is 11.9. The van der Waals surface area contributed by atoms with Crippen LogP contribution < -0.4 is 4.90 Å². The number of anilines is 3. The molecule has 0 fully saturated rings. The molecule has 0 radical (unpaired) electrons. The molecule has 2 aromatic heterocycles. The van der Waals surface area contributed by atoms with Crippen molar-refractivity contribution in [2.75, 3.05) is 4.90 Å². The molecule has 0 saturated carbocycles. The zero-order valence-electron chi connectivity index (χ0n) is 25.4. The Hall–Kier alpha value is -6.39. The van der Waals surface area contributed by atoms with Gasteiger partial charge in [-0.3, -0.25) is 0 Å². The van der Waals surface area contributed by atoms with Gasteiger partial charge in [-0.25, -0.2) is 4.98 Å². The van der Waals surface area contributed by atoms with Crippen LogP contribution in [0.3, 0.4) is 0 Å². The van der Waals surface area contributed by atoms with Crippen molar-refractivity contribution in [3.63, 3.8) is 0 Å². The van der Waals surface area contributed by atoms with Gasteiger partial charge in [0.1, 0.15) is 16.7 Å². The van der Waals surface area contributed by atoms with Crippen LogP contribution in [-0.2, 0) is 0 Å². The maximum Gasteiger partial charge on any atom is 0.228 e. The Morgan fingerprint density at radius 2 is 1.06 bits per heavy atom. The minimum atomic E-state index is 0.584. The fourth-order valence-electron chi connectivity index (χ4n) is 6.51. The van der Waals surface area contributed by atoms with E-state index in [9.17, 15) is 0 Å². The summed E-state index contributed by atoms with van der Waals surface area (Å²) in [7, 11) is 0. The summed E-state index contributed by atoms with van der Waals surface area (Å²) in [5, 5.41) is 2.00. The Morgan fingerprint density at radius 1 is 0.426 bits per heavy atom. The van der Waals surface area contributed by atoms with E-state index >= 15 is 0 Å². The van der Waals surface area contributed by atoms with Crippen molar-refractivity contribution in [2.45, 2.75) is 0 Å². The third kappa shape index (κ3) is 4.75. The number of fused-ring (bicyclic) bond motifs is 4. The van der Waals surface area contributed by atoms with Crippen molar-refractivity contribution in [1.82, 2.24) is 4.98 Å². The predicted molar refractivity (Wildman–Crippen MR) is 192 cm³/mol. The molecule has 2 heterocycles. The topological polar surface area (TPSA) is 42.4 Å². The molecule has 4 heteroatoms. The second-order valence-electron chi connectivity index (χ2n) is 11.6. The standard InChI is InChI=1S/C43H28N2O2/c1-3-12-29(13-4-1)30-22-24-32(25-23-30)45(38-19-9-7-16-34(38)31-14-5-2-6-15-31)33-26-27-35-41(28-33)46-40-21-11-17-36(42(35)40)43-44-37-18-8-10-20-39(37)47-43/h1-28H. The molecule has 0 aliphatic carbocycles. The summed E-state index contributed by atoms with van der Waals surface area (Å²) in [4.78, 5) is 7.11. The highest BCUT2D eigenvalue weighted by Crippen LogP contribution is 2.44. The van der Waals surface area contributed by atoms with Gasteiger partial charge in [0.25, 0.3) is 0 Å². The minimum Gasteiger partial charge on any atom is -0.456 e. The van der Waals surface area contributed by atoms with E-state index in [1.165, 1.54) is 11.1 Å². The molecule has 0 aliphatic rings. The molecule has 0 N–H and O–H groups in total. The lowest BCUT2D eigenvalue weighted by Crippen LogP contribution is -2.11. The van der Waals surface area contributed by atoms with Crippen molar-refractivity contribution in [3.8, 4) is 33.7 Å². The van der Waals surface area contributed by atoms with Gasteiger partial charge in [-0.2, -0.15) is 0 Å². The van der Waals surface area contributed by atoms with Gasteiger partial charge in [-0.05, 0) is 71.3 Å². The van der Waals surface area contributed by atoms with Gasteiger partial charge in [0, 0.05) is 39.3 Å². The molecule has 0 aliphatic heterocycles. The average molecular weight is 605 g/mol. The van der Waals surface area contributed by atoms with Gasteiger partial charge in [-0.15, -0.1) is 0 Å². The lowest BCUT2D eigenvalue weighted by Gasteiger charge is -2.28. The van der Waals surface area contributed by atoms with Crippen LogP contribution in [-0.4, -0.2) is 4.98 Å². The molecular weight excluding hydrogens is 576 g/mol. The summed E-state index contributed by atoms with van der Waals surface area (Å²) in [5.74, 6) is 0.584. The summed E-state index contributed by atoms with van der Waals surface area (Å²) in [6.45, 7) is 0. The first-order valence-electron chi connectivity index (χ1n) is 15.7. The van der Waals surface area contributed by atoms with Crippen LogP contribution in [0.25, 0.3) is 66.7 Å². The number of hydrogen-bond acceptors (Lipinski definition) is 4. The maximum atomic E-state index is 6.55. The van der Waals surface area contributed by atoms with Crippen molar-refractivity contribution in [3.05, 3.63) is 170 Å². The summed E-state index contributed by atoms with van der Waals surface area (Å²) in [6.07, 6.45) is 0. The summed E-state index contributed by atoms with van der Waals surface area (Å²) < 4.78 is 12.7. The van der Waals surface area contributed by atoms with Crippen molar-refractivity contribution in [1.29, 1.82) is 0 Å². The first kappa shape index (κ1) is 27.0. The van der Waals surface area contributed by atoms with Crippen LogP contribution in [0.2, 0.25) is 0 Å². The fraction of sp³-hybridized carbons (Fsp3) is 0. The molecule has 222 valence electrons. The predicted octanol–water partition coefficient (Wildman–Crippen LogP) is 12.2. The molecule has 9 rings (SSSR count). The number of benzene rings is 7. The number of nitrogens with zero attached hydrogens (tertiary/aromatic N) is 2.